The summed E-state index contributed by atoms with van der Waals surface area (Å²) in [6.45, 7) is 1.01. The smallest absolute Gasteiger partial charge is 0.198 e. The highest BCUT2D eigenvalue weighted by Gasteiger charge is 2.04. The fourth-order valence-electron chi connectivity index (χ4n) is 1.76. The summed E-state index contributed by atoms with van der Waals surface area (Å²) in [5, 5.41) is 3.12. The summed E-state index contributed by atoms with van der Waals surface area (Å²) < 4.78 is 5.70. The molecule has 1 aromatic carbocycles. The number of rotatable bonds is 6. The Bertz CT molecular complexity index is 436. The highest BCUT2D eigenvalue weighted by atomic mass is 16.4. The maximum Gasteiger partial charge on any atom is 0.198 e. The molecule has 1 aromatic heterocycles. The summed E-state index contributed by atoms with van der Waals surface area (Å²) in [4.78, 5) is 4.30. The highest BCUT2D eigenvalue weighted by molar-refractivity contribution is 5.18. The van der Waals surface area contributed by atoms with Crippen LogP contribution in [0, 0.1) is 0 Å². The molecule has 17 heavy (non-hydrogen) atoms. The van der Waals surface area contributed by atoms with Gasteiger partial charge in [-0.05, 0) is 25.6 Å². The van der Waals surface area contributed by atoms with Crippen molar-refractivity contribution in [3.63, 3.8) is 0 Å². The van der Waals surface area contributed by atoms with Gasteiger partial charge in [-0.1, -0.05) is 30.3 Å². The van der Waals surface area contributed by atoms with Crippen molar-refractivity contribution >= 4 is 0 Å². The van der Waals surface area contributed by atoms with Crippen molar-refractivity contribution in [2.75, 3.05) is 13.6 Å². The first-order chi connectivity index (χ1) is 8.38. The minimum atomic E-state index is 0.771. The number of nitrogens with zero attached hydrogens (tertiary/aromatic N) is 1. The first-order valence-electron chi connectivity index (χ1n) is 6.00. The van der Waals surface area contributed by atoms with E-state index in [0.29, 0.717) is 0 Å². The predicted molar refractivity (Wildman–Crippen MR) is 68.0 cm³/mol. The van der Waals surface area contributed by atoms with Gasteiger partial charge in [0.2, 0.25) is 0 Å². The van der Waals surface area contributed by atoms with Gasteiger partial charge >= 0.3 is 0 Å². The minimum absolute atomic E-state index is 0.771. The Balaban J connectivity index is 1.90. The average Bonchev–Trinajstić information content (AvgIpc) is 2.79. The number of hydrogen-bond donors (Lipinski definition) is 1. The molecule has 0 aliphatic heterocycles. The minimum Gasteiger partial charge on any atom is -0.445 e. The van der Waals surface area contributed by atoms with Crippen LogP contribution in [-0.2, 0) is 12.8 Å². The number of oxazole rings is 1. The van der Waals surface area contributed by atoms with Crippen LogP contribution in [0.5, 0.6) is 0 Å². The van der Waals surface area contributed by atoms with E-state index in [2.05, 4.69) is 22.4 Å². The molecule has 3 heteroatoms. The Hall–Kier alpha value is -1.61. The molecule has 2 rings (SSSR count). The fraction of sp³-hybridized carbons (Fsp3) is 0.357. The van der Waals surface area contributed by atoms with E-state index in [1.807, 2.05) is 31.4 Å². The van der Waals surface area contributed by atoms with Gasteiger partial charge in [0.15, 0.2) is 5.89 Å². The fourth-order valence-corrected chi connectivity index (χ4v) is 1.76. The lowest BCUT2D eigenvalue weighted by Gasteiger charge is -1.97. The molecule has 0 amide bonds. The molecule has 0 aliphatic carbocycles. The van der Waals surface area contributed by atoms with Crippen molar-refractivity contribution in [1.82, 2.24) is 10.3 Å². The number of aromatic nitrogens is 1. The molecule has 1 N–H and O–H groups in total. The standard InChI is InChI=1S/C14H18N2O/c1-15-9-5-8-13-11-16-14(17-13)10-12-6-3-2-4-7-12/h2-4,6-7,11,15H,5,8-10H2,1H3. The van der Waals surface area contributed by atoms with Crippen LogP contribution in [0.2, 0.25) is 0 Å². The number of nitrogens with one attached hydrogen (secondary N) is 1. The van der Waals surface area contributed by atoms with Gasteiger partial charge in [-0.2, -0.15) is 0 Å². The molecule has 3 nitrogen and oxygen atoms in total. The molecule has 1 heterocycles. The zero-order valence-corrected chi connectivity index (χ0v) is 10.1. The summed E-state index contributed by atoms with van der Waals surface area (Å²) >= 11 is 0. The molecule has 0 spiro atoms. The Morgan fingerprint density at radius 3 is 2.82 bits per heavy atom. The monoisotopic (exact) mass is 230 g/mol. The van der Waals surface area contributed by atoms with Crippen LogP contribution < -0.4 is 5.32 Å². The predicted octanol–water partition coefficient (Wildman–Crippen LogP) is 2.42. The zero-order chi connectivity index (χ0) is 11.9. The molecule has 2 aromatic rings. The van der Waals surface area contributed by atoms with Crippen LogP contribution in [0.15, 0.2) is 40.9 Å². The zero-order valence-electron chi connectivity index (χ0n) is 10.1. The van der Waals surface area contributed by atoms with Crippen LogP contribution in [0.1, 0.15) is 23.6 Å². The van der Waals surface area contributed by atoms with Gasteiger partial charge in [0.25, 0.3) is 0 Å². The summed E-state index contributed by atoms with van der Waals surface area (Å²) in [6.07, 6.45) is 4.64. The quantitative estimate of drug-likeness (QED) is 0.774. The molecular formula is C14H18N2O. The van der Waals surface area contributed by atoms with Crippen LogP contribution in [0.25, 0.3) is 0 Å². The van der Waals surface area contributed by atoms with E-state index in [1.165, 1.54) is 5.56 Å². The van der Waals surface area contributed by atoms with Crippen LogP contribution in [0.3, 0.4) is 0 Å². The van der Waals surface area contributed by atoms with E-state index in [-0.39, 0.29) is 0 Å². The third-order valence-electron chi connectivity index (χ3n) is 2.65. The van der Waals surface area contributed by atoms with E-state index in [1.54, 1.807) is 0 Å². The van der Waals surface area contributed by atoms with Crippen LogP contribution in [0.4, 0.5) is 0 Å². The summed E-state index contributed by atoms with van der Waals surface area (Å²) in [5.41, 5.74) is 1.23. The van der Waals surface area contributed by atoms with E-state index >= 15 is 0 Å². The lowest BCUT2D eigenvalue weighted by molar-refractivity contribution is 0.457. The third-order valence-corrected chi connectivity index (χ3v) is 2.65. The number of benzene rings is 1. The second-order valence-electron chi connectivity index (χ2n) is 4.09. The molecule has 0 aliphatic rings. The normalized spacial score (nSPS) is 10.6. The Kier molecular flexibility index (Phi) is 4.33. The molecule has 0 unspecified atom stereocenters. The maximum atomic E-state index is 5.70. The van der Waals surface area contributed by atoms with Gasteiger partial charge in [-0.3, -0.25) is 0 Å². The number of hydrogen-bond acceptors (Lipinski definition) is 3. The van der Waals surface area contributed by atoms with Gasteiger partial charge in [0.1, 0.15) is 5.76 Å². The van der Waals surface area contributed by atoms with Gasteiger partial charge < -0.3 is 9.73 Å². The van der Waals surface area contributed by atoms with Gasteiger partial charge in [-0.15, -0.1) is 0 Å². The maximum absolute atomic E-state index is 5.70. The summed E-state index contributed by atoms with van der Waals surface area (Å²) in [6, 6.07) is 10.3. The summed E-state index contributed by atoms with van der Waals surface area (Å²) in [7, 11) is 1.96. The molecule has 0 saturated carbocycles. The molecule has 0 radical (unpaired) electrons. The van der Waals surface area contributed by atoms with Crippen molar-refractivity contribution in [1.29, 1.82) is 0 Å². The van der Waals surface area contributed by atoms with E-state index in [9.17, 15) is 0 Å². The van der Waals surface area contributed by atoms with Gasteiger partial charge in [0.05, 0.1) is 6.20 Å². The highest BCUT2D eigenvalue weighted by Crippen LogP contribution is 2.11. The molecule has 0 fully saturated rings. The Labute approximate surface area is 102 Å². The average molecular weight is 230 g/mol. The van der Waals surface area contributed by atoms with E-state index in [4.69, 9.17) is 4.42 Å². The molecule has 90 valence electrons. The number of aryl methyl sites for hydroxylation is 1. The first kappa shape index (κ1) is 11.9. The van der Waals surface area contributed by atoms with Gasteiger partial charge in [-0.25, -0.2) is 4.98 Å². The van der Waals surface area contributed by atoms with Crippen LogP contribution in [-0.4, -0.2) is 18.6 Å². The molecular weight excluding hydrogens is 212 g/mol. The van der Waals surface area contributed by atoms with Gasteiger partial charge in [0, 0.05) is 12.8 Å². The second kappa shape index (κ2) is 6.21. The molecule has 0 bridgehead atoms. The van der Waals surface area contributed by atoms with E-state index in [0.717, 1.165) is 37.5 Å². The molecule has 0 atom stereocenters. The van der Waals surface area contributed by atoms with E-state index < -0.39 is 0 Å². The van der Waals surface area contributed by atoms with Crippen molar-refractivity contribution in [2.24, 2.45) is 0 Å². The Morgan fingerprint density at radius 1 is 1.24 bits per heavy atom. The lowest BCUT2D eigenvalue weighted by atomic mass is 10.2. The topological polar surface area (TPSA) is 38.1 Å². The van der Waals surface area contributed by atoms with Crippen molar-refractivity contribution in [2.45, 2.75) is 19.3 Å². The largest absolute Gasteiger partial charge is 0.445 e. The van der Waals surface area contributed by atoms with Crippen molar-refractivity contribution in [3.8, 4) is 0 Å². The first-order valence-corrected chi connectivity index (χ1v) is 6.00. The molecule has 0 saturated heterocycles. The summed E-state index contributed by atoms with van der Waals surface area (Å²) in [5.74, 6) is 1.78. The van der Waals surface area contributed by atoms with Crippen molar-refractivity contribution in [3.05, 3.63) is 53.7 Å². The SMILES string of the molecule is CNCCCc1cnc(Cc2ccccc2)o1. The third kappa shape index (κ3) is 3.71. The van der Waals surface area contributed by atoms with Crippen molar-refractivity contribution < 1.29 is 4.42 Å². The Morgan fingerprint density at radius 2 is 2.06 bits per heavy atom. The lowest BCUT2D eigenvalue weighted by Crippen LogP contribution is -2.08. The van der Waals surface area contributed by atoms with Crippen LogP contribution >= 0.6 is 0 Å². The second-order valence-corrected chi connectivity index (χ2v) is 4.09.